The summed E-state index contributed by atoms with van der Waals surface area (Å²) in [5.74, 6) is 0. The summed E-state index contributed by atoms with van der Waals surface area (Å²) in [7, 11) is 0. The van der Waals surface area contributed by atoms with Crippen molar-refractivity contribution >= 4 is 42.1 Å². The van der Waals surface area contributed by atoms with Crippen molar-refractivity contribution < 1.29 is 4.74 Å². The van der Waals surface area contributed by atoms with Gasteiger partial charge in [0.2, 0.25) is 0 Å². The van der Waals surface area contributed by atoms with Gasteiger partial charge in [0.15, 0.2) is 5.11 Å². The Hall–Kier alpha value is 0.150. The highest BCUT2D eigenvalue weighted by atomic mass is 35.5. The summed E-state index contributed by atoms with van der Waals surface area (Å²) in [6, 6.07) is 0. The fourth-order valence-electron chi connectivity index (χ4n) is 1.19. The summed E-state index contributed by atoms with van der Waals surface area (Å²) in [6.45, 7) is 5.51. The Balaban J connectivity index is 0. The van der Waals surface area contributed by atoms with Crippen LogP contribution in [0.4, 0.5) is 0 Å². The Morgan fingerprint density at radius 1 is 1.33 bits per heavy atom. The molecule has 0 aliphatic carbocycles. The van der Waals surface area contributed by atoms with Gasteiger partial charge in [-0.1, -0.05) is 0 Å². The smallest absolute Gasteiger partial charge is 0.178 e. The third-order valence-corrected chi connectivity index (χ3v) is 1.97. The van der Waals surface area contributed by atoms with Gasteiger partial charge < -0.3 is 10.5 Å². The lowest BCUT2D eigenvalue weighted by molar-refractivity contribution is 0.0382. The van der Waals surface area contributed by atoms with Crippen LogP contribution in [0.2, 0.25) is 0 Å². The third kappa shape index (κ3) is 9.10. The summed E-state index contributed by atoms with van der Waals surface area (Å²) >= 11 is 4.64. The number of nitrogens with zero attached hydrogens (tertiary/aromatic N) is 1. The molecule has 0 radical (unpaired) electrons. The van der Waals surface area contributed by atoms with Gasteiger partial charge in [-0.15, -0.1) is 24.8 Å². The lowest BCUT2D eigenvalue weighted by Crippen LogP contribution is -2.46. The number of thiocarbonyl (C=S) groups is 1. The molecule has 1 heterocycles. The molecule has 1 aliphatic rings. The van der Waals surface area contributed by atoms with Gasteiger partial charge >= 0.3 is 0 Å². The van der Waals surface area contributed by atoms with E-state index in [1.54, 1.807) is 0 Å². The van der Waals surface area contributed by atoms with Crippen LogP contribution in [-0.4, -0.2) is 49.4 Å². The summed E-state index contributed by atoms with van der Waals surface area (Å²) in [5, 5.41) is 0.280. The number of nitrogens with two attached hydrogens (primary N) is 1. The van der Waals surface area contributed by atoms with Crippen LogP contribution in [0.1, 0.15) is 0 Å². The van der Waals surface area contributed by atoms with Crippen molar-refractivity contribution in [3.63, 3.8) is 0 Å². The molecule has 15 heavy (non-hydrogen) atoms. The number of hydrazine groups is 1. The average Bonchev–Trinajstić information content (AvgIpc) is 2.14. The standard InChI is InChI=1S/C7H16N4OS.2ClH/c8-7(13)10-9-1-2-11-3-5-12-6-4-11;;/h9H,1-6H2,(H3,8,10,13);2*1H. The molecule has 0 atom stereocenters. The second kappa shape index (κ2) is 10.7. The maximum absolute atomic E-state index is 5.24. The Morgan fingerprint density at radius 2 is 1.93 bits per heavy atom. The second-order valence-electron chi connectivity index (χ2n) is 2.87. The first kappa shape index (κ1) is 17.5. The minimum Gasteiger partial charge on any atom is -0.379 e. The molecular weight excluding hydrogens is 259 g/mol. The molecule has 0 aromatic rings. The van der Waals surface area contributed by atoms with Crippen LogP contribution < -0.4 is 16.6 Å². The van der Waals surface area contributed by atoms with Crippen molar-refractivity contribution in [3.05, 3.63) is 0 Å². The van der Waals surface area contributed by atoms with E-state index >= 15 is 0 Å². The first-order chi connectivity index (χ1) is 6.29. The molecule has 0 unspecified atom stereocenters. The molecule has 0 amide bonds. The van der Waals surface area contributed by atoms with Crippen LogP contribution in [0.5, 0.6) is 0 Å². The zero-order chi connectivity index (χ0) is 9.52. The molecule has 0 aromatic heterocycles. The summed E-state index contributed by atoms with van der Waals surface area (Å²) in [6.07, 6.45) is 0. The number of hydrogen-bond acceptors (Lipinski definition) is 4. The van der Waals surface area contributed by atoms with Crippen LogP contribution in [0.3, 0.4) is 0 Å². The monoisotopic (exact) mass is 276 g/mol. The Labute approximate surface area is 108 Å². The molecule has 1 saturated heterocycles. The van der Waals surface area contributed by atoms with E-state index in [0.29, 0.717) is 0 Å². The molecule has 0 bridgehead atoms. The molecule has 0 spiro atoms. The van der Waals surface area contributed by atoms with Crippen molar-refractivity contribution in [2.24, 2.45) is 5.73 Å². The normalized spacial score (nSPS) is 16.0. The maximum Gasteiger partial charge on any atom is 0.178 e. The van der Waals surface area contributed by atoms with Gasteiger partial charge in [-0.2, -0.15) is 0 Å². The van der Waals surface area contributed by atoms with Crippen LogP contribution in [0.15, 0.2) is 0 Å². The average molecular weight is 277 g/mol. The minimum atomic E-state index is 0. The lowest BCUT2D eigenvalue weighted by atomic mass is 10.4. The van der Waals surface area contributed by atoms with E-state index in [1.165, 1.54) is 0 Å². The van der Waals surface area contributed by atoms with Gasteiger partial charge in [0.1, 0.15) is 0 Å². The number of hydrogen-bond donors (Lipinski definition) is 3. The van der Waals surface area contributed by atoms with Gasteiger partial charge in [0.05, 0.1) is 13.2 Å². The fourth-order valence-corrected chi connectivity index (χ4v) is 1.26. The highest BCUT2D eigenvalue weighted by Crippen LogP contribution is 1.94. The predicted molar refractivity (Wildman–Crippen MR) is 69.7 cm³/mol. The number of morpholine rings is 1. The highest BCUT2D eigenvalue weighted by molar-refractivity contribution is 7.80. The van der Waals surface area contributed by atoms with Crippen molar-refractivity contribution in [2.45, 2.75) is 0 Å². The number of nitrogens with one attached hydrogen (secondary N) is 2. The first-order valence-electron chi connectivity index (χ1n) is 4.37. The molecule has 4 N–H and O–H groups in total. The molecule has 92 valence electrons. The van der Waals surface area contributed by atoms with Gasteiger partial charge in [-0.25, -0.2) is 5.43 Å². The SMILES string of the molecule is Cl.Cl.NC(=S)NNCCN1CCOCC1. The lowest BCUT2D eigenvalue weighted by Gasteiger charge is -2.26. The van der Waals surface area contributed by atoms with Crippen LogP contribution in [-0.2, 0) is 4.74 Å². The van der Waals surface area contributed by atoms with Crippen molar-refractivity contribution in [1.82, 2.24) is 15.8 Å². The van der Waals surface area contributed by atoms with Crippen LogP contribution in [0, 0.1) is 0 Å². The molecule has 0 saturated carbocycles. The first-order valence-corrected chi connectivity index (χ1v) is 4.78. The maximum atomic E-state index is 5.24. The van der Waals surface area contributed by atoms with Gasteiger partial charge in [0.25, 0.3) is 0 Å². The van der Waals surface area contributed by atoms with Crippen molar-refractivity contribution in [2.75, 3.05) is 39.4 Å². The summed E-state index contributed by atoms with van der Waals surface area (Å²) < 4.78 is 5.23. The van der Waals surface area contributed by atoms with Gasteiger partial charge in [-0.05, 0) is 12.2 Å². The van der Waals surface area contributed by atoms with Gasteiger partial charge in [0, 0.05) is 26.2 Å². The quantitative estimate of drug-likeness (QED) is 0.366. The zero-order valence-electron chi connectivity index (χ0n) is 8.40. The summed E-state index contributed by atoms with van der Waals surface area (Å²) in [5.41, 5.74) is 10.9. The molecule has 8 heteroatoms. The largest absolute Gasteiger partial charge is 0.379 e. The summed E-state index contributed by atoms with van der Waals surface area (Å²) in [4.78, 5) is 2.33. The number of rotatable bonds is 4. The predicted octanol–water partition coefficient (Wildman–Crippen LogP) is -0.500. The Bertz CT molecular complexity index is 169. The number of ether oxygens (including phenoxy) is 1. The Morgan fingerprint density at radius 3 is 2.47 bits per heavy atom. The topological polar surface area (TPSA) is 62.5 Å². The highest BCUT2D eigenvalue weighted by Gasteiger charge is 2.08. The molecule has 1 aliphatic heterocycles. The molecule has 1 rings (SSSR count). The van der Waals surface area contributed by atoms with E-state index in [-0.39, 0.29) is 29.9 Å². The van der Waals surface area contributed by atoms with Crippen LogP contribution >= 0.6 is 37.0 Å². The van der Waals surface area contributed by atoms with E-state index in [1.807, 2.05) is 0 Å². The van der Waals surface area contributed by atoms with Crippen LogP contribution in [0.25, 0.3) is 0 Å². The van der Waals surface area contributed by atoms with E-state index in [2.05, 4.69) is 28.0 Å². The van der Waals surface area contributed by atoms with E-state index < -0.39 is 0 Å². The fraction of sp³-hybridized carbons (Fsp3) is 0.857. The molecule has 0 aromatic carbocycles. The molecule has 5 nitrogen and oxygen atoms in total. The minimum absolute atomic E-state index is 0. The third-order valence-electron chi connectivity index (χ3n) is 1.87. The van der Waals surface area contributed by atoms with Crippen molar-refractivity contribution in [1.29, 1.82) is 0 Å². The van der Waals surface area contributed by atoms with Gasteiger partial charge in [-0.3, -0.25) is 10.3 Å². The molecule has 1 fully saturated rings. The second-order valence-corrected chi connectivity index (χ2v) is 3.31. The van der Waals surface area contributed by atoms with E-state index in [0.717, 1.165) is 39.4 Å². The number of halogens is 2. The Kier molecular flexibility index (Phi) is 12.5. The molecular formula is C7H18Cl2N4OS. The zero-order valence-corrected chi connectivity index (χ0v) is 10.8. The van der Waals surface area contributed by atoms with Crippen molar-refractivity contribution in [3.8, 4) is 0 Å². The van der Waals surface area contributed by atoms with E-state index in [4.69, 9.17) is 10.5 Å². The van der Waals surface area contributed by atoms with E-state index in [9.17, 15) is 0 Å².